The van der Waals surface area contributed by atoms with Crippen molar-refractivity contribution in [1.82, 2.24) is 9.88 Å². The third kappa shape index (κ3) is 7.48. The van der Waals surface area contributed by atoms with Gasteiger partial charge >= 0.3 is 16.3 Å². The van der Waals surface area contributed by atoms with E-state index in [1.54, 1.807) is 20.8 Å². The van der Waals surface area contributed by atoms with Gasteiger partial charge in [-0.2, -0.15) is 0 Å². The van der Waals surface area contributed by atoms with Crippen molar-refractivity contribution in [1.29, 1.82) is 0 Å². The Hall–Kier alpha value is -2.72. The molecule has 15 heteroatoms. The van der Waals surface area contributed by atoms with E-state index in [2.05, 4.69) is 4.98 Å². The van der Waals surface area contributed by atoms with Gasteiger partial charge in [-0.25, -0.2) is 4.79 Å². The van der Waals surface area contributed by atoms with Crippen molar-refractivity contribution in [3.8, 4) is 0 Å². The maximum Gasteiger partial charge on any atom is 0.410 e. The minimum atomic E-state index is -10.0. The molecule has 0 aliphatic carbocycles. The number of anilines is 1. The van der Waals surface area contributed by atoms with Crippen LogP contribution in [-0.2, 0) is 9.47 Å². The second kappa shape index (κ2) is 10.0. The summed E-state index contributed by atoms with van der Waals surface area (Å²) < 4.78 is 77.7. The first-order valence-corrected chi connectivity index (χ1v) is 13.8. The molecule has 220 valence electrons. The van der Waals surface area contributed by atoms with E-state index in [9.17, 15) is 39.5 Å². The molecule has 0 radical (unpaired) electrons. The van der Waals surface area contributed by atoms with Crippen molar-refractivity contribution in [3.05, 3.63) is 54.4 Å². The first-order valence-electron chi connectivity index (χ1n) is 11.8. The Morgan fingerprint density at radius 1 is 1.10 bits per heavy atom. The second-order valence-corrected chi connectivity index (χ2v) is 12.6. The summed E-state index contributed by atoms with van der Waals surface area (Å²) in [5, 5.41) is 32.3. The molecule has 1 fully saturated rings. The maximum absolute atomic E-state index is 13.4. The largest absolute Gasteiger partial charge is 0.444 e. The van der Waals surface area contributed by atoms with E-state index >= 15 is 0 Å². The number of benzene rings is 1. The molecule has 0 spiro atoms. The zero-order valence-electron chi connectivity index (χ0n) is 21.6. The van der Waals surface area contributed by atoms with Crippen LogP contribution in [0.1, 0.15) is 38.8 Å². The average Bonchev–Trinajstić information content (AvgIpc) is 3.25. The third-order valence-electron chi connectivity index (χ3n) is 6.08. The van der Waals surface area contributed by atoms with Crippen LogP contribution in [0.5, 0.6) is 0 Å². The monoisotopic (exact) mass is 585 g/mol. The molecule has 0 bridgehead atoms. The molecule has 1 aromatic carbocycles. The minimum Gasteiger partial charge on any atom is -0.444 e. The first-order chi connectivity index (χ1) is 17.7. The fourth-order valence-electron chi connectivity index (χ4n) is 4.38. The zero-order valence-corrected chi connectivity index (χ0v) is 22.4. The molecule has 3 N–H and O–H groups in total. The molecule has 39 heavy (non-hydrogen) atoms. The molecule has 2 heterocycles. The van der Waals surface area contributed by atoms with Gasteiger partial charge in [0.1, 0.15) is 22.8 Å². The van der Waals surface area contributed by atoms with Gasteiger partial charge in [-0.05, 0) is 56.7 Å². The normalized spacial score (nSPS) is 21.7. The Bertz CT molecular complexity index is 1150. The number of aliphatic hydroxyl groups is 3. The number of methoxy groups -OCH3 is 1. The third-order valence-corrected chi connectivity index (χ3v) is 7.25. The number of halogens is 5. The molecule has 9 nitrogen and oxygen atoms in total. The molecule has 1 amide bonds. The van der Waals surface area contributed by atoms with Gasteiger partial charge in [0.2, 0.25) is 0 Å². The van der Waals surface area contributed by atoms with E-state index < -0.39 is 57.5 Å². The first kappa shape index (κ1) is 30.8. The van der Waals surface area contributed by atoms with Crippen molar-refractivity contribution in [2.45, 2.75) is 68.4 Å². The summed E-state index contributed by atoms with van der Waals surface area (Å²) in [5.41, 5.74) is -1.04. The number of likely N-dealkylation sites (tertiary alicyclic amines) is 1. The van der Waals surface area contributed by atoms with E-state index in [0.717, 1.165) is 4.90 Å². The standard InChI is InChI=1S/C24H32F5N3O6S/c1-24(2,3)38-23(36)31-14-17(37-4)12-19(31)21(33)32(20(22(34)35)15-6-5-11-30-13-15)16-7-9-18(10-8-16)39(25,26,27,28)29/h5-11,13,17,19-22,33-35H,12,14H2,1-4H3/t17-,19-,20?,21?/m1/s1. The SMILES string of the molecule is CO[C@@H]1C[C@H](C(O)N(c2ccc(S(F)(F)(F)(F)F)cc2)C(c2cccnc2)C(O)O)N(C(=O)OC(C)(C)C)C1. The number of carbonyl (C=O) groups is 1. The van der Waals surface area contributed by atoms with Gasteiger partial charge in [0.25, 0.3) is 0 Å². The summed E-state index contributed by atoms with van der Waals surface area (Å²) in [6.07, 6.45) is -2.73. The van der Waals surface area contributed by atoms with Crippen LogP contribution in [0.3, 0.4) is 0 Å². The van der Waals surface area contributed by atoms with Crippen LogP contribution in [0.2, 0.25) is 0 Å². The highest BCUT2D eigenvalue weighted by atomic mass is 32.5. The maximum atomic E-state index is 13.4. The fraction of sp³-hybridized carbons (Fsp3) is 0.500. The van der Waals surface area contributed by atoms with Crippen LogP contribution >= 0.6 is 10.2 Å². The fourth-order valence-corrected chi connectivity index (χ4v) is 5.03. The van der Waals surface area contributed by atoms with E-state index in [0.29, 0.717) is 12.1 Å². The molecular formula is C24H32F5N3O6S. The van der Waals surface area contributed by atoms with Crippen LogP contribution in [0.15, 0.2) is 53.7 Å². The number of nitrogens with zero attached hydrogens (tertiary/aromatic N) is 3. The van der Waals surface area contributed by atoms with Crippen LogP contribution in [-0.4, -0.2) is 75.2 Å². The molecule has 4 atom stereocenters. The van der Waals surface area contributed by atoms with Gasteiger partial charge in [0.15, 0.2) is 6.29 Å². The number of aromatic nitrogens is 1. The van der Waals surface area contributed by atoms with Crippen molar-refractivity contribution < 1.29 is 49.0 Å². The van der Waals surface area contributed by atoms with E-state index in [4.69, 9.17) is 9.47 Å². The number of hydrogen-bond acceptors (Lipinski definition) is 8. The molecular weight excluding hydrogens is 553 g/mol. The predicted molar refractivity (Wildman–Crippen MR) is 134 cm³/mol. The average molecular weight is 586 g/mol. The molecule has 2 aromatic rings. The second-order valence-electron chi connectivity index (χ2n) is 10.2. The summed E-state index contributed by atoms with van der Waals surface area (Å²) in [6, 6.07) is 1.90. The number of rotatable bonds is 8. The van der Waals surface area contributed by atoms with Crippen LogP contribution < -0.4 is 4.90 Å². The highest BCUT2D eigenvalue weighted by Gasteiger charge is 2.65. The van der Waals surface area contributed by atoms with Crippen LogP contribution in [0, 0.1) is 0 Å². The minimum absolute atomic E-state index is 0.0105. The van der Waals surface area contributed by atoms with Crippen LogP contribution in [0.25, 0.3) is 0 Å². The predicted octanol–water partition coefficient (Wildman–Crippen LogP) is 4.94. The Morgan fingerprint density at radius 3 is 2.18 bits per heavy atom. The number of hydrogen-bond donors (Lipinski definition) is 3. The molecule has 1 aromatic heterocycles. The number of carbonyl (C=O) groups excluding carboxylic acids is 1. The summed E-state index contributed by atoms with van der Waals surface area (Å²) in [5.74, 6) is 0. The number of aliphatic hydroxyl groups excluding tert-OH is 2. The molecule has 1 saturated heterocycles. The van der Waals surface area contributed by atoms with E-state index in [-0.39, 0.29) is 36.3 Å². The molecule has 2 unspecified atom stereocenters. The molecule has 3 rings (SSSR count). The summed E-state index contributed by atoms with van der Waals surface area (Å²) >= 11 is 0. The summed E-state index contributed by atoms with van der Waals surface area (Å²) in [7, 11) is -8.63. The summed E-state index contributed by atoms with van der Waals surface area (Å²) in [4.78, 5) is 16.9. The molecule has 1 aliphatic rings. The van der Waals surface area contributed by atoms with E-state index in [1.165, 1.54) is 36.5 Å². The number of ether oxygens (including phenoxy) is 2. The quantitative estimate of drug-likeness (QED) is 0.295. The zero-order chi connectivity index (χ0) is 29.5. The Morgan fingerprint density at radius 2 is 1.72 bits per heavy atom. The summed E-state index contributed by atoms with van der Waals surface area (Å²) in [6.45, 7) is 4.89. The molecule has 0 saturated carbocycles. The number of pyridine rings is 1. The van der Waals surface area contributed by atoms with Gasteiger partial charge in [-0.15, -0.1) is 0 Å². The van der Waals surface area contributed by atoms with Gasteiger partial charge < -0.3 is 29.7 Å². The highest BCUT2D eigenvalue weighted by Crippen LogP contribution is 3.02. The van der Waals surface area contributed by atoms with Crippen LogP contribution in [0.4, 0.5) is 29.9 Å². The van der Waals surface area contributed by atoms with Crippen molar-refractivity contribution in [2.24, 2.45) is 0 Å². The van der Waals surface area contributed by atoms with Gasteiger partial charge in [0, 0.05) is 31.6 Å². The van der Waals surface area contributed by atoms with Gasteiger partial charge in [-0.1, -0.05) is 25.5 Å². The lowest BCUT2D eigenvalue weighted by atomic mass is 10.0. The number of amides is 1. The Balaban J connectivity index is 2.13. The lowest BCUT2D eigenvalue weighted by Crippen LogP contribution is -2.54. The Kier molecular flexibility index (Phi) is 7.93. The highest BCUT2D eigenvalue weighted by molar-refractivity contribution is 8.45. The smallest absolute Gasteiger partial charge is 0.410 e. The molecule has 1 aliphatic heterocycles. The lowest BCUT2D eigenvalue weighted by molar-refractivity contribution is -0.0727. The van der Waals surface area contributed by atoms with Crippen molar-refractivity contribution >= 4 is 22.0 Å². The van der Waals surface area contributed by atoms with Gasteiger partial charge in [-0.3, -0.25) is 9.88 Å². The topological polar surface area (TPSA) is 116 Å². The Labute approximate surface area is 222 Å². The van der Waals surface area contributed by atoms with Crippen molar-refractivity contribution in [3.63, 3.8) is 0 Å². The van der Waals surface area contributed by atoms with Crippen molar-refractivity contribution in [2.75, 3.05) is 18.6 Å². The van der Waals surface area contributed by atoms with E-state index in [1.807, 2.05) is 0 Å². The lowest BCUT2D eigenvalue weighted by Gasteiger charge is -2.43. The van der Waals surface area contributed by atoms with Gasteiger partial charge in [0.05, 0.1) is 18.7 Å².